The fourth-order valence-corrected chi connectivity index (χ4v) is 2.83. The van der Waals surface area contributed by atoms with Crippen LogP contribution in [-0.2, 0) is 11.3 Å². The molecule has 2 rings (SSSR count). The average molecular weight is 262 g/mol. The molecule has 0 aromatic heterocycles. The molecule has 0 bridgehead atoms. The van der Waals surface area contributed by atoms with Crippen molar-refractivity contribution in [2.24, 2.45) is 0 Å². The summed E-state index contributed by atoms with van der Waals surface area (Å²) in [6.45, 7) is 7.40. The second-order valence-corrected chi connectivity index (χ2v) is 5.71. The van der Waals surface area contributed by atoms with E-state index in [1.807, 2.05) is 0 Å². The predicted octanol–water partition coefficient (Wildman–Crippen LogP) is 2.80. The van der Waals surface area contributed by atoms with Crippen LogP contribution in [0.5, 0.6) is 0 Å². The van der Waals surface area contributed by atoms with Crippen molar-refractivity contribution in [1.29, 1.82) is 0 Å². The van der Waals surface area contributed by atoms with Crippen LogP contribution in [0, 0.1) is 0 Å². The molecule has 0 saturated carbocycles. The van der Waals surface area contributed by atoms with E-state index in [1.165, 1.54) is 24.1 Å². The Labute approximate surface area is 116 Å². The number of benzene rings is 1. The molecule has 1 heterocycles. The van der Waals surface area contributed by atoms with Gasteiger partial charge in [0.05, 0.1) is 6.61 Å². The third kappa shape index (κ3) is 4.22. The monoisotopic (exact) mass is 262 g/mol. The maximum absolute atomic E-state index is 5.21. The van der Waals surface area contributed by atoms with Gasteiger partial charge in [-0.25, -0.2) is 0 Å². The Kier molecular flexibility index (Phi) is 5.23. The number of methoxy groups -OCH3 is 1. The maximum Gasteiger partial charge on any atom is 0.0713 e. The zero-order valence-electron chi connectivity index (χ0n) is 12.4. The quantitative estimate of drug-likeness (QED) is 0.883. The lowest BCUT2D eigenvalue weighted by atomic mass is 10.0. The molecule has 0 aliphatic carbocycles. The summed E-state index contributed by atoms with van der Waals surface area (Å²) < 4.78 is 5.21. The van der Waals surface area contributed by atoms with E-state index >= 15 is 0 Å². The normalized spacial score (nSPS) is 20.0. The highest BCUT2D eigenvalue weighted by atomic mass is 16.5. The Balaban J connectivity index is 2.02. The van der Waals surface area contributed by atoms with Crippen molar-refractivity contribution in [3.05, 3.63) is 29.8 Å². The van der Waals surface area contributed by atoms with Crippen molar-refractivity contribution in [2.75, 3.05) is 25.1 Å². The van der Waals surface area contributed by atoms with Crippen molar-refractivity contribution < 1.29 is 4.74 Å². The summed E-state index contributed by atoms with van der Waals surface area (Å²) in [4.78, 5) is 2.49. The Morgan fingerprint density at radius 3 is 3.00 bits per heavy atom. The second-order valence-electron chi connectivity index (χ2n) is 5.71. The molecule has 0 amide bonds. The van der Waals surface area contributed by atoms with Gasteiger partial charge in [0.2, 0.25) is 0 Å². The molecule has 1 aliphatic heterocycles. The standard InChI is InChI=1S/C16H26N2O/c1-13(2)17-15-7-5-9-18(11-15)16-8-4-6-14(10-16)12-19-3/h4,6,8,10,13,15,17H,5,7,9,11-12H2,1-3H3. The summed E-state index contributed by atoms with van der Waals surface area (Å²) in [6.07, 6.45) is 2.55. The van der Waals surface area contributed by atoms with Crippen molar-refractivity contribution in [3.8, 4) is 0 Å². The van der Waals surface area contributed by atoms with E-state index in [0.29, 0.717) is 18.7 Å². The Morgan fingerprint density at radius 2 is 2.26 bits per heavy atom. The van der Waals surface area contributed by atoms with E-state index in [-0.39, 0.29) is 0 Å². The van der Waals surface area contributed by atoms with Gasteiger partial charge in [0.25, 0.3) is 0 Å². The molecule has 1 atom stereocenters. The summed E-state index contributed by atoms with van der Waals surface area (Å²) >= 11 is 0. The molecule has 0 radical (unpaired) electrons. The lowest BCUT2D eigenvalue weighted by Gasteiger charge is -2.36. The fourth-order valence-electron chi connectivity index (χ4n) is 2.83. The van der Waals surface area contributed by atoms with Crippen LogP contribution in [0.25, 0.3) is 0 Å². The predicted molar refractivity (Wildman–Crippen MR) is 80.7 cm³/mol. The van der Waals surface area contributed by atoms with Gasteiger partial charge in [-0.05, 0) is 30.5 Å². The summed E-state index contributed by atoms with van der Waals surface area (Å²) in [5.41, 5.74) is 2.57. The van der Waals surface area contributed by atoms with Gasteiger partial charge in [-0.2, -0.15) is 0 Å². The minimum atomic E-state index is 0.560. The van der Waals surface area contributed by atoms with E-state index < -0.39 is 0 Å². The summed E-state index contributed by atoms with van der Waals surface area (Å²) in [6, 6.07) is 9.88. The molecule has 0 spiro atoms. The number of nitrogens with one attached hydrogen (secondary N) is 1. The average Bonchev–Trinajstić information content (AvgIpc) is 2.39. The molecule has 19 heavy (non-hydrogen) atoms. The minimum absolute atomic E-state index is 0.560. The summed E-state index contributed by atoms with van der Waals surface area (Å²) in [5, 5.41) is 3.65. The zero-order valence-corrected chi connectivity index (χ0v) is 12.4. The van der Waals surface area contributed by atoms with Gasteiger partial charge in [0.1, 0.15) is 0 Å². The molecule has 1 saturated heterocycles. The first-order valence-electron chi connectivity index (χ1n) is 7.28. The number of rotatable bonds is 5. The first-order chi connectivity index (χ1) is 9.19. The molecule has 106 valence electrons. The molecule has 1 fully saturated rings. The molecular weight excluding hydrogens is 236 g/mol. The largest absolute Gasteiger partial charge is 0.380 e. The molecule has 1 aliphatic rings. The lowest BCUT2D eigenvalue weighted by Crippen LogP contribution is -2.47. The molecule has 1 N–H and O–H groups in total. The molecular formula is C16H26N2O. The van der Waals surface area contributed by atoms with E-state index in [9.17, 15) is 0 Å². The van der Waals surface area contributed by atoms with Crippen molar-refractivity contribution in [1.82, 2.24) is 5.32 Å². The topological polar surface area (TPSA) is 24.5 Å². The number of nitrogens with zero attached hydrogens (tertiary/aromatic N) is 1. The van der Waals surface area contributed by atoms with Gasteiger partial charge in [0, 0.05) is 38.0 Å². The third-order valence-electron chi connectivity index (χ3n) is 3.58. The highest BCUT2D eigenvalue weighted by Gasteiger charge is 2.20. The Morgan fingerprint density at radius 1 is 1.42 bits per heavy atom. The van der Waals surface area contributed by atoms with E-state index in [4.69, 9.17) is 4.74 Å². The fraction of sp³-hybridized carbons (Fsp3) is 0.625. The second kappa shape index (κ2) is 6.92. The van der Waals surface area contributed by atoms with Crippen LogP contribution in [0.1, 0.15) is 32.3 Å². The smallest absolute Gasteiger partial charge is 0.0713 e. The van der Waals surface area contributed by atoms with Crippen LogP contribution in [0.2, 0.25) is 0 Å². The SMILES string of the molecule is COCc1cccc(N2CCCC(NC(C)C)C2)c1. The highest BCUT2D eigenvalue weighted by Crippen LogP contribution is 2.21. The van der Waals surface area contributed by atoms with Gasteiger partial charge < -0.3 is 15.0 Å². The minimum Gasteiger partial charge on any atom is -0.380 e. The van der Waals surface area contributed by atoms with Crippen LogP contribution in [0.3, 0.4) is 0 Å². The van der Waals surface area contributed by atoms with Crippen LogP contribution in [-0.4, -0.2) is 32.3 Å². The number of ether oxygens (including phenoxy) is 1. The number of hydrogen-bond acceptors (Lipinski definition) is 3. The molecule has 3 nitrogen and oxygen atoms in total. The van der Waals surface area contributed by atoms with Crippen molar-refractivity contribution >= 4 is 5.69 Å². The third-order valence-corrected chi connectivity index (χ3v) is 3.58. The summed E-state index contributed by atoms with van der Waals surface area (Å²) in [5.74, 6) is 0. The Bertz CT molecular complexity index is 392. The molecule has 1 unspecified atom stereocenters. The molecule has 1 aromatic rings. The maximum atomic E-state index is 5.21. The molecule has 1 aromatic carbocycles. The number of hydrogen-bond donors (Lipinski definition) is 1. The van der Waals surface area contributed by atoms with E-state index in [2.05, 4.69) is 48.3 Å². The zero-order chi connectivity index (χ0) is 13.7. The van der Waals surface area contributed by atoms with Crippen LogP contribution in [0.4, 0.5) is 5.69 Å². The van der Waals surface area contributed by atoms with Crippen LogP contribution >= 0.6 is 0 Å². The van der Waals surface area contributed by atoms with Gasteiger partial charge in [0.15, 0.2) is 0 Å². The lowest BCUT2D eigenvalue weighted by molar-refractivity contribution is 0.185. The first kappa shape index (κ1) is 14.4. The van der Waals surface area contributed by atoms with Crippen LogP contribution < -0.4 is 10.2 Å². The van der Waals surface area contributed by atoms with Gasteiger partial charge in [-0.1, -0.05) is 26.0 Å². The highest BCUT2D eigenvalue weighted by molar-refractivity contribution is 5.49. The van der Waals surface area contributed by atoms with Crippen molar-refractivity contribution in [2.45, 2.75) is 45.4 Å². The number of anilines is 1. The van der Waals surface area contributed by atoms with Gasteiger partial charge >= 0.3 is 0 Å². The first-order valence-corrected chi connectivity index (χ1v) is 7.28. The Hall–Kier alpha value is -1.06. The van der Waals surface area contributed by atoms with Crippen molar-refractivity contribution in [3.63, 3.8) is 0 Å². The van der Waals surface area contributed by atoms with E-state index in [0.717, 1.165) is 13.1 Å². The number of piperidine rings is 1. The molecule has 3 heteroatoms. The summed E-state index contributed by atoms with van der Waals surface area (Å²) in [7, 11) is 1.75. The van der Waals surface area contributed by atoms with E-state index in [1.54, 1.807) is 7.11 Å². The van der Waals surface area contributed by atoms with Gasteiger partial charge in [-0.15, -0.1) is 0 Å². The van der Waals surface area contributed by atoms with Crippen LogP contribution in [0.15, 0.2) is 24.3 Å². The van der Waals surface area contributed by atoms with Gasteiger partial charge in [-0.3, -0.25) is 0 Å².